The summed E-state index contributed by atoms with van der Waals surface area (Å²) in [5, 5.41) is 10.8. The summed E-state index contributed by atoms with van der Waals surface area (Å²) in [7, 11) is 2.17. The maximum atomic E-state index is 10.8. The number of aryl methyl sites for hydroxylation is 2. The molecule has 1 aliphatic rings. The standard InChI is InChI=1S/C19H31NO/c1-13-11-14(2)16(4)19(15(13)3)18(21)12-20(5)17-9-7-6-8-10-17/h11,17-18,21H,6-10,12H2,1-5H3. The van der Waals surface area contributed by atoms with E-state index in [1.54, 1.807) is 0 Å². The average molecular weight is 289 g/mol. The quantitative estimate of drug-likeness (QED) is 0.897. The molecule has 0 aliphatic heterocycles. The largest absolute Gasteiger partial charge is 0.387 e. The zero-order valence-corrected chi connectivity index (χ0v) is 14.4. The van der Waals surface area contributed by atoms with Crippen molar-refractivity contribution in [2.75, 3.05) is 13.6 Å². The predicted octanol–water partition coefficient (Wildman–Crippen LogP) is 4.22. The van der Waals surface area contributed by atoms with E-state index in [4.69, 9.17) is 0 Å². The molecule has 0 aromatic heterocycles. The van der Waals surface area contributed by atoms with Crippen LogP contribution in [-0.2, 0) is 0 Å². The van der Waals surface area contributed by atoms with Gasteiger partial charge in [-0.3, -0.25) is 0 Å². The molecule has 0 heterocycles. The van der Waals surface area contributed by atoms with Gasteiger partial charge in [0.05, 0.1) is 6.10 Å². The first-order valence-corrected chi connectivity index (χ1v) is 8.37. The van der Waals surface area contributed by atoms with E-state index in [2.05, 4.69) is 45.7 Å². The van der Waals surface area contributed by atoms with E-state index in [0.717, 1.165) is 12.1 Å². The third-order valence-electron chi connectivity index (χ3n) is 5.42. The van der Waals surface area contributed by atoms with Gasteiger partial charge < -0.3 is 10.0 Å². The van der Waals surface area contributed by atoms with Crippen LogP contribution in [-0.4, -0.2) is 29.6 Å². The Kier molecular flexibility index (Phi) is 5.45. The maximum absolute atomic E-state index is 10.8. The van der Waals surface area contributed by atoms with E-state index in [9.17, 15) is 5.11 Å². The van der Waals surface area contributed by atoms with Crippen molar-refractivity contribution in [2.45, 2.75) is 71.9 Å². The monoisotopic (exact) mass is 289 g/mol. The molecule has 21 heavy (non-hydrogen) atoms. The van der Waals surface area contributed by atoms with Gasteiger partial charge in [0.1, 0.15) is 0 Å². The highest BCUT2D eigenvalue weighted by Crippen LogP contribution is 2.29. The second-order valence-corrected chi connectivity index (χ2v) is 6.92. The van der Waals surface area contributed by atoms with Crippen LogP contribution in [0.3, 0.4) is 0 Å². The summed E-state index contributed by atoms with van der Waals surface area (Å²) >= 11 is 0. The molecule has 1 fully saturated rings. The predicted molar refractivity (Wildman–Crippen MR) is 89.9 cm³/mol. The molecule has 0 spiro atoms. The molecule has 0 amide bonds. The first-order valence-electron chi connectivity index (χ1n) is 8.37. The SMILES string of the molecule is Cc1cc(C)c(C)c(C(O)CN(C)C2CCCCC2)c1C. The molecular formula is C19H31NO. The van der Waals surface area contributed by atoms with Gasteiger partial charge in [0.2, 0.25) is 0 Å². The molecule has 0 bridgehead atoms. The second kappa shape index (κ2) is 6.93. The van der Waals surface area contributed by atoms with Crippen LogP contribution in [0.5, 0.6) is 0 Å². The first kappa shape index (κ1) is 16.5. The molecule has 1 aromatic carbocycles. The summed E-state index contributed by atoms with van der Waals surface area (Å²) < 4.78 is 0. The Morgan fingerprint density at radius 3 is 2.10 bits per heavy atom. The van der Waals surface area contributed by atoms with Crippen LogP contribution >= 0.6 is 0 Å². The lowest BCUT2D eigenvalue weighted by Crippen LogP contribution is -2.36. The van der Waals surface area contributed by atoms with Crippen LogP contribution in [0.1, 0.15) is 66.0 Å². The molecule has 118 valence electrons. The highest BCUT2D eigenvalue weighted by atomic mass is 16.3. The summed E-state index contributed by atoms with van der Waals surface area (Å²) in [4.78, 5) is 2.38. The number of hydrogen-bond acceptors (Lipinski definition) is 2. The fourth-order valence-electron chi connectivity index (χ4n) is 3.78. The number of aliphatic hydroxyl groups is 1. The second-order valence-electron chi connectivity index (χ2n) is 6.92. The minimum atomic E-state index is -0.379. The summed E-state index contributed by atoms with van der Waals surface area (Å²) in [5.74, 6) is 0. The molecule has 2 rings (SSSR count). The lowest BCUT2D eigenvalue weighted by atomic mass is 9.90. The molecule has 1 atom stereocenters. The lowest BCUT2D eigenvalue weighted by molar-refractivity contribution is 0.0905. The fourth-order valence-corrected chi connectivity index (χ4v) is 3.78. The van der Waals surface area contributed by atoms with Crippen LogP contribution < -0.4 is 0 Å². The van der Waals surface area contributed by atoms with Crippen molar-refractivity contribution in [3.8, 4) is 0 Å². The van der Waals surface area contributed by atoms with Gasteiger partial charge in [0.15, 0.2) is 0 Å². The fraction of sp³-hybridized carbons (Fsp3) is 0.684. The van der Waals surface area contributed by atoms with Gasteiger partial charge in [-0.25, -0.2) is 0 Å². The van der Waals surface area contributed by atoms with Crippen LogP contribution in [0.2, 0.25) is 0 Å². The number of aliphatic hydroxyl groups excluding tert-OH is 1. The molecule has 2 nitrogen and oxygen atoms in total. The molecule has 1 aliphatic carbocycles. The number of benzene rings is 1. The Morgan fingerprint density at radius 1 is 1.05 bits per heavy atom. The van der Waals surface area contributed by atoms with Crippen molar-refractivity contribution in [2.24, 2.45) is 0 Å². The van der Waals surface area contributed by atoms with Gasteiger partial charge in [-0.2, -0.15) is 0 Å². The Labute approximate surface area is 130 Å². The van der Waals surface area contributed by atoms with Crippen molar-refractivity contribution in [1.82, 2.24) is 4.90 Å². The maximum Gasteiger partial charge on any atom is 0.0922 e. The van der Waals surface area contributed by atoms with Crippen molar-refractivity contribution in [3.05, 3.63) is 33.9 Å². The summed E-state index contributed by atoms with van der Waals surface area (Å²) in [6.07, 6.45) is 6.25. The molecular weight excluding hydrogens is 258 g/mol. The van der Waals surface area contributed by atoms with Crippen LogP contribution in [0.15, 0.2) is 6.07 Å². The topological polar surface area (TPSA) is 23.5 Å². The highest BCUT2D eigenvalue weighted by molar-refractivity contribution is 5.45. The molecule has 1 aromatic rings. The van der Waals surface area contributed by atoms with Crippen molar-refractivity contribution in [3.63, 3.8) is 0 Å². The zero-order valence-electron chi connectivity index (χ0n) is 14.4. The van der Waals surface area contributed by atoms with Crippen molar-refractivity contribution >= 4 is 0 Å². The minimum Gasteiger partial charge on any atom is -0.387 e. The molecule has 1 unspecified atom stereocenters. The third kappa shape index (κ3) is 3.67. The van der Waals surface area contributed by atoms with Crippen LogP contribution in [0.4, 0.5) is 0 Å². The van der Waals surface area contributed by atoms with Gasteiger partial charge in [-0.15, -0.1) is 0 Å². The Bertz CT molecular complexity index is 463. The number of nitrogens with zero attached hydrogens (tertiary/aromatic N) is 1. The van der Waals surface area contributed by atoms with Gasteiger partial charge >= 0.3 is 0 Å². The van der Waals surface area contributed by atoms with E-state index in [1.807, 2.05) is 0 Å². The number of rotatable bonds is 4. The van der Waals surface area contributed by atoms with Gasteiger partial charge in [0, 0.05) is 12.6 Å². The van der Waals surface area contributed by atoms with Gasteiger partial charge in [0.25, 0.3) is 0 Å². The molecule has 0 saturated heterocycles. The average Bonchev–Trinajstić information content (AvgIpc) is 2.46. The summed E-state index contributed by atoms with van der Waals surface area (Å²) in [6.45, 7) is 9.31. The van der Waals surface area contributed by atoms with E-state index in [1.165, 1.54) is 54.4 Å². The zero-order chi connectivity index (χ0) is 15.6. The van der Waals surface area contributed by atoms with E-state index in [0.29, 0.717) is 6.04 Å². The molecule has 2 heteroatoms. The minimum absolute atomic E-state index is 0.379. The number of hydrogen-bond donors (Lipinski definition) is 1. The van der Waals surface area contributed by atoms with E-state index in [-0.39, 0.29) is 6.10 Å². The Balaban J connectivity index is 2.14. The highest BCUT2D eigenvalue weighted by Gasteiger charge is 2.23. The molecule has 1 N–H and O–H groups in total. The summed E-state index contributed by atoms with van der Waals surface area (Å²) in [6, 6.07) is 2.88. The summed E-state index contributed by atoms with van der Waals surface area (Å²) in [5.41, 5.74) is 6.22. The van der Waals surface area contributed by atoms with Gasteiger partial charge in [-0.05, 0) is 75.4 Å². The van der Waals surface area contributed by atoms with Crippen LogP contribution in [0.25, 0.3) is 0 Å². The van der Waals surface area contributed by atoms with E-state index < -0.39 is 0 Å². The van der Waals surface area contributed by atoms with Crippen LogP contribution in [0, 0.1) is 27.7 Å². The van der Waals surface area contributed by atoms with Crippen molar-refractivity contribution in [1.29, 1.82) is 0 Å². The third-order valence-corrected chi connectivity index (χ3v) is 5.42. The van der Waals surface area contributed by atoms with Gasteiger partial charge in [-0.1, -0.05) is 25.3 Å². The Morgan fingerprint density at radius 2 is 1.57 bits per heavy atom. The number of likely N-dealkylation sites (N-methyl/N-ethyl adjacent to an activating group) is 1. The molecule has 0 radical (unpaired) electrons. The molecule has 1 saturated carbocycles. The van der Waals surface area contributed by atoms with E-state index >= 15 is 0 Å². The first-order chi connectivity index (χ1) is 9.91. The van der Waals surface area contributed by atoms with Crippen molar-refractivity contribution < 1.29 is 5.11 Å². The Hall–Kier alpha value is -0.860. The normalized spacial score (nSPS) is 18.2. The smallest absolute Gasteiger partial charge is 0.0922 e. The lowest BCUT2D eigenvalue weighted by Gasteiger charge is -2.33.